The lowest BCUT2D eigenvalue weighted by Crippen LogP contribution is -2.42. The normalized spacial score (nSPS) is 23.9. The van der Waals surface area contributed by atoms with Crippen molar-refractivity contribution in [2.75, 3.05) is 12.4 Å². The van der Waals surface area contributed by atoms with Crippen molar-refractivity contribution < 1.29 is 4.74 Å². The van der Waals surface area contributed by atoms with Gasteiger partial charge in [0.25, 0.3) is 0 Å². The second-order valence-corrected chi connectivity index (χ2v) is 6.36. The van der Waals surface area contributed by atoms with Crippen LogP contribution in [0.5, 0.6) is 5.75 Å². The zero-order valence-electron chi connectivity index (χ0n) is 13.6. The fourth-order valence-corrected chi connectivity index (χ4v) is 3.23. The van der Waals surface area contributed by atoms with Gasteiger partial charge in [-0.2, -0.15) is 0 Å². The second-order valence-electron chi connectivity index (χ2n) is 6.36. The summed E-state index contributed by atoms with van der Waals surface area (Å²) in [4.78, 5) is 4.60. The second kappa shape index (κ2) is 6.32. The van der Waals surface area contributed by atoms with E-state index >= 15 is 0 Å². The molecule has 0 saturated heterocycles. The van der Waals surface area contributed by atoms with E-state index in [0.717, 1.165) is 24.3 Å². The fourth-order valence-electron chi connectivity index (χ4n) is 3.23. The van der Waals surface area contributed by atoms with Crippen LogP contribution in [-0.2, 0) is 5.41 Å². The van der Waals surface area contributed by atoms with E-state index in [-0.39, 0.29) is 11.5 Å². The molecule has 3 rings (SSSR count). The molecule has 1 aliphatic carbocycles. The highest BCUT2D eigenvalue weighted by Crippen LogP contribution is 2.44. The van der Waals surface area contributed by atoms with Crippen molar-refractivity contribution in [1.82, 2.24) is 0 Å². The van der Waals surface area contributed by atoms with Gasteiger partial charge in [-0.25, -0.2) is 4.99 Å². The maximum Gasteiger partial charge on any atom is 0.193 e. The summed E-state index contributed by atoms with van der Waals surface area (Å²) in [5.41, 5.74) is 8.51. The molecular weight excluding hydrogens is 286 g/mol. The number of methoxy groups -OCH3 is 1. The number of benzene rings is 2. The number of hydrogen-bond donors (Lipinski definition) is 2. The van der Waals surface area contributed by atoms with Gasteiger partial charge >= 0.3 is 0 Å². The van der Waals surface area contributed by atoms with Gasteiger partial charge in [0.15, 0.2) is 5.96 Å². The highest BCUT2D eigenvalue weighted by atomic mass is 16.5. The van der Waals surface area contributed by atoms with Crippen LogP contribution in [0.3, 0.4) is 0 Å². The van der Waals surface area contributed by atoms with Gasteiger partial charge < -0.3 is 15.8 Å². The van der Waals surface area contributed by atoms with Crippen LogP contribution >= 0.6 is 0 Å². The Morgan fingerprint density at radius 3 is 2.61 bits per heavy atom. The summed E-state index contributed by atoms with van der Waals surface area (Å²) in [6.07, 6.45) is 2.05. The summed E-state index contributed by atoms with van der Waals surface area (Å²) < 4.78 is 5.21. The van der Waals surface area contributed by atoms with Crippen molar-refractivity contribution in [3.63, 3.8) is 0 Å². The van der Waals surface area contributed by atoms with Crippen molar-refractivity contribution in [3.05, 3.63) is 60.2 Å². The van der Waals surface area contributed by atoms with Crippen LogP contribution < -0.4 is 15.8 Å². The Morgan fingerprint density at radius 1 is 1.17 bits per heavy atom. The number of rotatable bonds is 4. The topological polar surface area (TPSA) is 59.6 Å². The van der Waals surface area contributed by atoms with Gasteiger partial charge in [-0.15, -0.1) is 0 Å². The molecule has 0 amide bonds. The van der Waals surface area contributed by atoms with E-state index in [1.165, 1.54) is 5.56 Å². The van der Waals surface area contributed by atoms with Gasteiger partial charge in [0.1, 0.15) is 5.75 Å². The third-order valence-corrected chi connectivity index (χ3v) is 4.51. The van der Waals surface area contributed by atoms with E-state index in [9.17, 15) is 0 Å². The molecule has 0 spiro atoms. The molecular formula is C19H23N3O. The number of aliphatic imine (C=N–C) groups is 1. The first kappa shape index (κ1) is 15.4. The highest BCUT2D eigenvalue weighted by Gasteiger charge is 2.41. The third-order valence-electron chi connectivity index (χ3n) is 4.51. The van der Waals surface area contributed by atoms with Crippen LogP contribution in [0, 0.1) is 0 Å². The predicted octanol–water partition coefficient (Wildman–Crippen LogP) is 3.54. The first-order valence-corrected chi connectivity index (χ1v) is 7.89. The molecule has 0 aromatic heterocycles. The van der Waals surface area contributed by atoms with Crippen LogP contribution in [0.1, 0.15) is 25.3 Å². The number of anilines is 1. The minimum atomic E-state index is 0.214. The lowest BCUT2D eigenvalue weighted by atomic mass is 9.63. The number of nitrogens with two attached hydrogens (primary N) is 1. The molecule has 0 atom stereocenters. The highest BCUT2D eigenvalue weighted by molar-refractivity contribution is 5.92. The number of hydrogen-bond acceptors (Lipinski definition) is 2. The summed E-state index contributed by atoms with van der Waals surface area (Å²) in [6, 6.07) is 18.6. The Labute approximate surface area is 137 Å². The molecule has 4 nitrogen and oxygen atoms in total. The fraction of sp³-hybridized carbons (Fsp3) is 0.316. The molecule has 120 valence electrons. The summed E-state index contributed by atoms with van der Waals surface area (Å²) in [5.74, 6) is 1.25. The molecule has 4 heteroatoms. The average molecular weight is 309 g/mol. The van der Waals surface area contributed by atoms with Crippen molar-refractivity contribution in [1.29, 1.82) is 0 Å². The maximum atomic E-state index is 6.03. The van der Waals surface area contributed by atoms with Crippen molar-refractivity contribution >= 4 is 11.6 Å². The van der Waals surface area contributed by atoms with E-state index in [2.05, 4.69) is 47.6 Å². The molecule has 1 fully saturated rings. The predicted molar refractivity (Wildman–Crippen MR) is 95.1 cm³/mol. The van der Waals surface area contributed by atoms with Gasteiger partial charge in [-0.05, 0) is 36.0 Å². The summed E-state index contributed by atoms with van der Waals surface area (Å²) in [6.45, 7) is 2.29. The van der Waals surface area contributed by atoms with Gasteiger partial charge in [-0.3, -0.25) is 0 Å². The monoisotopic (exact) mass is 309 g/mol. The van der Waals surface area contributed by atoms with Gasteiger partial charge in [-0.1, -0.05) is 43.3 Å². The minimum Gasteiger partial charge on any atom is -0.497 e. The minimum absolute atomic E-state index is 0.214. The molecule has 0 radical (unpaired) electrons. The van der Waals surface area contributed by atoms with E-state index in [1.54, 1.807) is 7.11 Å². The Kier molecular flexibility index (Phi) is 4.24. The van der Waals surface area contributed by atoms with E-state index in [0.29, 0.717) is 5.96 Å². The quantitative estimate of drug-likeness (QED) is 0.671. The Bertz CT molecular complexity index is 691. The van der Waals surface area contributed by atoms with Crippen molar-refractivity contribution in [3.8, 4) is 5.75 Å². The van der Waals surface area contributed by atoms with Crippen molar-refractivity contribution in [2.24, 2.45) is 10.7 Å². The zero-order chi connectivity index (χ0) is 16.3. The van der Waals surface area contributed by atoms with E-state index < -0.39 is 0 Å². The van der Waals surface area contributed by atoms with Crippen LogP contribution in [0.2, 0.25) is 0 Å². The van der Waals surface area contributed by atoms with Crippen LogP contribution in [-0.4, -0.2) is 19.1 Å². The van der Waals surface area contributed by atoms with Crippen molar-refractivity contribution in [2.45, 2.75) is 31.2 Å². The Balaban J connectivity index is 1.60. The SMILES string of the molecule is COc1cccc(NC(N)=NC2CC(C)(c3ccccc3)C2)c1. The molecule has 1 saturated carbocycles. The van der Waals surface area contributed by atoms with Gasteiger partial charge in [0.2, 0.25) is 0 Å². The van der Waals surface area contributed by atoms with Crippen LogP contribution in [0.25, 0.3) is 0 Å². The standard InChI is InChI=1S/C19H23N3O/c1-19(14-7-4-3-5-8-14)12-16(13-19)22-18(20)21-15-9-6-10-17(11-15)23-2/h3-11,16H,12-13H2,1-2H3,(H3,20,21,22). The van der Waals surface area contributed by atoms with Crippen LogP contribution in [0.4, 0.5) is 5.69 Å². The first-order valence-electron chi connectivity index (χ1n) is 7.89. The smallest absolute Gasteiger partial charge is 0.193 e. The molecule has 2 aromatic rings. The van der Waals surface area contributed by atoms with Gasteiger partial charge in [0.05, 0.1) is 13.2 Å². The molecule has 0 unspecified atom stereocenters. The number of guanidine groups is 1. The Hall–Kier alpha value is -2.49. The first-order chi connectivity index (χ1) is 11.1. The molecule has 3 N–H and O–H groups in total. The van der Waals surface area contributed by atoms with Gasteiger partial charge in [0, 0.05) is 11.8 Å². The third kappa shape index (κ3) is 3.47. The zero-order valence-corrected chi connectivity index (χ0v) is 13.6. The molecule has 23 heavy (non-hydrogen) atoms. The average Bonchev–Trinajstić information content (AvgIpc) is 2.54. The number of nitrogens with one attached hydrogen (secondary N) is 1. The Morgan fingerprint density at radius 2 is 1.91 bits per heavy atom. The van der Waals surface area contributed by atoms with Crippen LogP contribution in [0.15, 0.2) is 59.6 Å². The number of nitrogens with zero attached hydrogens (tertiary/aromatic N) is 1. The lowest BCUT2D eigenvalue weighted by Gasteiger charge is -2.44. The number of ether oxygens (including phenoxy) is 1. The molecule has 0 bridgehead atoms. The molecule has 2 aromatic carbocycles. The van der Waals surface area contributed by atoms with E-state index in [4.69, 9.17) is 10.5 Å². The summed E-state index contributed by atoms with van der Waals surface area (Å²) in [7, 11) is 1.65. The van der Waals surface area contributed by atoms with E-state index in [1.807, 2.05) is 24.3 Å². The molecule has 0 aliphatic heterocycles. The molecule has 0 heterocycles. The summed E-state index contributed by atoms with van der Waals surface area (Å²) in [5, 5.41) is 3.13. The summed E-state index contributed by atoms with van der Waals surface area (Å²) >= 11 is 0. The largest absolute Gasteiger partial charge is 0.497 e. The maximum absolute atomic E-state index is 6.03. The molecule has 1 aliphatic rings. The lowest BCUT2D eigenvalue weighted by molar-refractivity contribution is 0.229.